The van der Waals surface area contributed by atoms with Crippen LogP contribution in [0, 0.1) is 0 Å². The number of hydrogen-bond acceptors (Lipinski definition) is 4. The van der Waals surface area contributed by atoms with Crippen LogP contribution in [0.15, 0.2) is 48.5 Å². The molecule has 2 aromatic carbocycles. The van der Waals surface area contributed by atoms with Crippen molar-refractivity contribution in [3.63, 3.8) is 0 Å². The van der Waals surface area contributed by atoms with Crippen LogP contribution in [-0.4, -0.2) is 59.1 Å². The number of benzene rings is 2. The van der Waals surface area contributed by atoms with E-state index < -0.39 is 0 Å². The van der Waals surface area contributed by atoms with Gasteiger partial charge in [-0.05, 0) is 24.3 Å². The molecular weight excluding hydrogens is 342 g/mol. The van der Waals surface area contributed by atoms with Gasteiger partial charge in [-0.15, -0.1) is 0 Å². The second kappa shape index (κ2) is 7.67. The number of imidazole rings is 1. The maximum atomic E-state index is 12.5. The summed E-state index contributed by atoms with van der Waals surface area (Å²) in [4.78, 5) is 24.7. The highest BCUT2D eigenvalue weighted by molar-refractivity contribution is 5.91. The topological polar surface area (TPSA) is 73.5 Å². The van der Waals surface area contributed by atoms with Gasteiger partial charge in [0.25, 0.3) is 0 Å². The maximum absolute atomic E-state index is 12.5. The second-order valence-corrected chi connectivity index (χ2v) is 6.59. The summed E-state index contributed by atoms with van der Waals surface area (Å²) in [6.45, 7) is 3.76. The minimum absolute atomic E-state index is 0.0945. The average molecular weight is 365 g/mol. The number of hydrogen-bond donors (Lipinski definition) is 2. The Morgan fingerprint density at radius 1 is 1.11 bits per heavy atom. The highest BCUT2D eigenvalue weighted by Crippen LogP contribution is 2.23. The highest BCUT2D eigenvalue weighted by atomic mass is 16.5. The number of fused-ring (bicyclic) bond motifs is 1. The van der Waals surface area contributed by atoms with Crippen LogP contribution in [0.1, 0.15) is 5.82 Å². The summed E-state index contributed by atoms with van der Waals surface area (Å²) in [6.07, 6.45) is 0. The standard InChI is InChI=1S/C20H23N5O2/c1-27-18-9-5-4-8-17(18)23-20(26)25-12-10-24(11-13-25)14-19-21-15-6-2-3-7-16(15)22-19/h2-9H,10-14H2,1H3,(H,21,22)(H,23,26). The number of nitrogens with zero attached hydrogens (tertiary/aromatic N) is 3. The molecule has 0 unspecified atom stereocenters. The van der Waals surface area contributed by atoms with E-state index in [2.05, 4.69) is 20.2 Å². The molecule has 3 aromatic rings. The first-order valence-corrected chi connectivity index (χ1v) is 9.08. The van der Waals surface area contributed by atoms with Crippen molar-refractivity contribution in [1.29, 1.82) is 0 Å². The van der Waals surface area contributed by atoms with Crippen LogP contribution >= 0.6 is 0 Å². The zero-order chi connectivity index (χ0) is 18.6. The lowest BCUT2D eigenvalue weighted by molar-refractivity contribution is 0.141. The summed E-state index contributed by atoms with van der Waals surface area (Å²) >= 11 is 0. The number of aromatic amines is 1. The predicted molar refractivity (Wildman–Crippen MR) is 105 cm³/mol. The van der Waals surface area contributed by atoms with Gasteiger partial charge in [0.2, 0.25) is 0 Å². The lowest BCUT2D eigenvalue weighted by Gasteiger charge is -2.34. The first-order valence-electron chi connectivity index (χ1n) is 9.08. The number of amides is 2. The number of ether oxygens (including phenoxy) is 1. The number of anilines is 1. The Morgan fingerprint density at radius 2 is 1.85 bits per heavy atom. The molecule has 7 heteroatoms. The van der Waals surface area contributed by atoms with Gasteiger partial charge in [0.05, 0.1) is 30.4 Å². The zero-order valence-corrected chi connectivity index (χ0v) is 15.3. The Morgan fingerprint density at radius 3 is 2.63 bits per heavy atom. The molecule has 4 rings (SSSR count). The lowest BCUT2D eigenvalue weighted by Crippen LogP contribution is -2.49. The molecule has 140 valence electrons. The van der Waals surface area contributed by atoms with E-state index in [1.54, 1.807) is 7.11 Å². The summed E-state index contributed by atoms with van der Waals surface area (Å²) in [6, 6.07) is 15.4. The largest absolute Gasteiger partial charge is 0.495 e. The highest BCUT2D eigenvalue weighted by Gasteiger charge is 2.22. The third-order valence-electron chi connectivity index (χ3n) is 4.82. The lowest BCUT2D eigenvalue weighted by atomic mass is 10.3. The Kier molecular flexibility index (Phi) is 4.93. The molecule has 1 saturated heterocycles. The van der Waals surface area contributed by atoms with Crippen molar-refractivity contribution < 1.29 is 9.53 Å². The van der Waals surface area contributed by atoms with E-state index >= 15 is 0 Å². The van der Waals surface area contributed by atoms with Crippen LogP contribution in [0.3, 0.4) is 0 Å². The van der Waals surface area contributed by atoms with E-state index in [0.717, 1.165) is 36.5 Å². The second-order valence-electron chi connectivity index (χ2n) is 6.59. The number of rotatable bonds is 4. The monoisotopic (exact) mass is 365 g/mol. The van der Waals surface area contributed by atoms with E-state index in [1.807, 2.05) is 53.4 Å². The van der Waals surface area contributed by atoms with Crippen LogP contribution < -0.4 is 10.1 Å². The fourth-order valence-corrected chi connectivity index (χ4v) is 3.34. The van der Waals surface area contributed by atoms with Crippen LogP contribution in [0.25, 0.3) is 11.0 Å². The van der Waals surface area contributed by atoms with Crippen molar-refractivity contribution in [3.8, 4) is 5.75 Å². The van der Waals surface area contributed by atoms with Gasteiger partial charge in [0, 0.05) is 26.2 Å². The minimum atomic E-state index is -0.0945. The smallest absolute Gasteiger partial charge is 0.322 e. The molecule has 1 aliphatic rings. The maximum Gasteiger partial charge on any atom is 0.322 e. The van der Waals surface area contributed by atoms with Gasteiger partial charge in [-0.25, -0.2) is 9.78 Å². The van der Waals surface area contributed by atoms with Gasteiger partial charge < -0.3 is 19.9 Å². The van der Waals surface area contributed by atoms with Gasteiger partial charge >= 0.3 is 6.03 Å². The van der Waals surface area contributed by atoms with Crippen molar-refractivity contribution in [2.24, 2.45) is 0 Å². The van der Waals surface area contributed by atoms with Crippen molar-refractivity contribution in [1.82, 2.24) is 19.8 Å². The normalized spacial score (nSPS) is 15.1. The van der Waals surface area contributed by atoms with Crippen molar-refractivity contribution in [3.05, 3.63) is 54.4 Å². The van der Waals surface area contributed by atoms with Gasteiger partial charge in [-0.2, -0.15) is 0 Å². The van der Waals surface area contributed by atoms with Gasteiger partial charge in [-0.3, -0.25) is 4.90 Å². The fourth-order valence-electron chi connectivity index (χ4n) is 3.34. The van der Waals surface area contributed by atoms with Crippen molar-refractivity contribution in [2.75, 3.05) is 38.6 Å². The Balaban J connectivity index is 1.32. The van der Waals surface area contributed by atoms with Gasteiger partial charge in [0.1, 0.15) is 11.6 Å². The van der Waals surface area contributed by atoms with E-state index in [9.17, 15) is 4.79 Å². The van der Waals surface area contributed by atoms with E-state index in [-0.39, 0.29) is 6.03 Å². The molecular formula is C20H23N5O2. The number of carbonyl (C=O) groups excluding carboxylic acids is 1. The Labute approximate surface area is 157 Å². The quantitative estimate of drug-likeness (QED) is 0.746. The van der Waals surface area contributed by atoms with E-state index in [4.69, 9.17) is 4.74 Å². The number of nitrogens with one attached hydrogen (secondary N) is 2. The number of para-hydroxylation sites is 4. The number of carbonyl (C=O) groups is 1. The molecule has 0 saturated carbocycles. The van der Waals surface area contributed by atoms with Gasteiger partial charge in [0.15, 0.2) is 0 Å². The molecule has 27 heavy (non-hydrogen) atoms. The fraction of sp³-hybridized carbons (Fsp3) is 0.300. The molecule has 0 atom stereocenters. The summed E-state index contributed by atoms with van der Waals surface area (Å²) in [7, 11) is 1.60. The zero-order valence-electron chi connectivity index (χ0n) is 15.3. The molecule has 0 bridgehead atoms. The Bertz CT molecular complexity index is 898. The molecule has 1 fully saturated rings. The minimum Gasteiger partial charge on any atom is -0.495 e. The molecule has 2 heterocycles. The first kappa shape index (κ1) is 17.4. The van der Waals surface area contributed by atoms with E-state index in [1.165, 1.54) is 0 Å². The SMILES string of the molecule is COc1ccccc1NC(=O)N1CCN(Cc2nc3ccccc3[nH]2)CC1. The summed E-state index contributed by atoms with van der Waals surface area (Å²) in [5, 5.41) is 2.94. The Hall–Kier alpha value is -3.06. The molecule has 2 amide bonds. The molecule has 0 aliphatic carbocycles. The van der Waals surface area contributed by atoms with Gasteiger partial charge in [-0.1, -0.05) is 24.3 Å². The summed E-state index contributed by atoms with van der Waals surface area (Å²) in [5.41, 5.74) is 2.74. The van der Waals surface area contributed by atoms with Crippen LogP contribution in [0.5, 0.6) is 5.75 Å². The van der Waals surface area contributed by atoms with Crippen LogP contribution in [0.2, 0.25) is 0 Å². The van der Waals surface area contributed by atoms with Crippen LogP contribution in [-0.2, 0) is 6.54 Å². The van der Waals surface area contributed by atoms with E-state index in [0.29, 0.717) is 24.5 Å². The molecule has 1 aliphatic heterocycles. The number of piperazine rings is 1. The molecule has 0 radical (unpaired) electrons. The first-order chi connectivity index (χ1) is 13.2. The number of aromatic nitrogens is 2. The third kappa shape index (κ3) is 3.88. The van der Waals surface area contributed by atoms with Crippen LogP contribution in [0.4, 0.5) is 10.5 Å². The average Bonchev–Trinajstić information content (AvgIpc) is 3.11. The molecule has 7 nitrogen and oxygen atoms in total. The molecule has 2 N–H and O–H groups in total. The van der Waals surface area contributed by atoms with Crippen molar-refractivity contribution >= 4 is 22.8 Å². The molecule has 0 spiro atoms. The summed E-state index contributed by atoms with van der Waals surface area (Å²) in [5.74, 6) is 1.62. The number of methoxy groups -OCH3 is 1. The third-order valence-corrected chi connectivity index (χ3v) is 4.82. The molecule has 1 aromatic heterocycles. The summed E-state index contributed by atoms with van der Waals surface area (Å²) < 4.78 is 5.29. The van der Waals surface area contributed by atoms with Crippen molar-refractivity contribution in [2.45, 2.75) is 6.54 Å². The number of urea groups is 1. The predicted octanol–water partition coefficient (Wildman–Crippen LogP) is 2.92. The number of H-pyrrole nitrogens is 1.